The minimum atomic E-state index is -0.785. The molecule has 5 rings (SSSR count). The number of halogens is 1. The molecule has 0 bridgehead atoms. The number of carbonyl (C=O) groups is 2. The van der Waals surface area contributed by atoms with Crippen LogP contribution in [0.4, 0.5) is 4.39 Å². The van der Waals surface area contributed by atoms with E-state index < -0.39 is 30.1 Å². The van der Waals surface area contributed by atoms with E-state index in [1.54, 1.807) is 4.68 Å². The molecule has 8 nitrogen and oxygen atoms in total. The van der Waals surface area contributed by atoms with E-state index in [-0.39, 0.29) is 24.3 Å². The molecule has 206 valence electrons. The van der Waals surface area contributed by atoms with Crippen LogP contribution in [0.1, 0.15) is 75.7 Å². The number of aliphatic carboxylic acids is 1. The Morgan fingerprint density at radius 3 is 2.31 bits per heavy atom. The van der Waals surface area contributed by atoms with Crippen molar-refractivity contribution in [3.05, 3.63) is 59.5 Å². The Labute approximate surface area is 228 Å². The molecule has 0 spiro atoms. The van der Waals surface area contributed by atoms with E-state index in [0.29, 0.717) is 23.0 Å². The summed E-state index contributed by atoms with van der Waals surface area (Å²) < 4.78 is 28.6. The third kappa shape index (κ3) is 5.58. The molecule has 1 saturated heterocycles. The van der Waals surface area contributed by atoms with Crippen LogP contribution in [0.3, 0.4) is 0 Å². The van der Waals surface area contributed by atoms with Crippen LogP contribution in [-0.4, -0.2) is 51.1 Å². The smallest absolute Gasteiger partial charge is 0.481 e. The average molecular weight is 535 g/mol. The minimum absolute atomic E-state index is 0.0402. The van der Waals surface area contributed by atoms with E-state index in [1.807, 2.05) is 52.0 Å². The van der Waals surface area contributed by atoms with Crippen molar-refractivity contribution in [1.29, 1.82) is 0 Å². The van der Waals surface area contributed by atoms with Crippen LogP contribution in [0.2, 0.25) is 0 Å². The van der Waals surface area contributed by atoms with Gasteiger partial charge in [-0.25, -0.2) is 4.39 Å². The summed E-state index contributed by atoms with van der Waals surface area (Å²) >= 11 is 0. The van der Waals surface area contributed by atoms with Crippen molar-refractivity contribution in [2.75, 3.05) is 0 Å². The molecule has 3 aromatic rings. The molecule has 0 radical (unpaired) electrons. The van der Waals surface area contributed by atoms with Gasteiger partial charge in [-0.1, -0.05) is 24.3 Å². The van der Waals surface area contributed by atoms with E-state index in [9.17, 15) is 14.0 Å². The van der Waals surface area contributed by atoms with Crippen molar-refractivity contribution in [2.45, 2.75) is 83.6 Å². The Kier molecular flexibility index (Phi) is 7.28. The summed E-state index contributed by atoms with van der Waals surface area (Å²) in [7, 11) is -0.460. The first-order chi connectivity index (χ1) is 18.4. The average Bonchev–Trinajstić information content (AvgIpc) is 3.38. The number of aromatic nitrogens is 2. The molecule has 0 atom stereocenters. The van der Waals surface area contributed by atoms with Gasteiger partial charge in [-0.05, 0) is 82.5 Å². The number of fused-ring (bicyclic) bond motifs is 1. The maximum Gasteiger partial charge on any atom is 0.494 e. The normalized spacial score (nSPS) is 22.2. The molecule has 0 unspecified atom stereocenters. The van der Waals surface area contributed by atoms with Crippen LogP contribution in [-0.2, 0) is 20.6 Å². The van der Waals surface area contributed by atoms with E-state index in [4.69, 9.17) is 14.4 Å². The molecule has 1 aromatic heterocycles. The highest BCUT2D eigenvalue weighted by atomic mass is 19.1. The number of rotatable bonds is 7. The third-order valence-corrected chi connectivity index (χ3v) is 8.48. The van der Waals surface area contributed by atoms with Crippen molar-refractivity contribution in [2.24, 2.45) is 5.92 Å². The molecule has 39 heavy (non-hydrogen) atoms. The predicted molar refractivity (Wildman–Crippen MR) is 146 cm³/mol. The van der Waals surface area contributed by atoms with Gasteiger partial charge in [0.15, 0.2) is 0 Å². The first-order valence-corrected chi connectivity index (χ1v) is 13.5. The van der Waals surface area contributed by atoms with Gasteiger partial charge in [0.2, 0.25) is 0 Å². The number of nitrogens with zero attached hydrogens (tertiary/aromatic N) is 2. The first kappa shape index (κ1) is 27.3. The molecule has 2 heterocycles. The molecule has 1 amide bonds. The number of carboxylic acids is 1. The van der Waals surface area contributed by atoms with Crippen LogP contribution in [0, 0.1) is 11.7 Å². The van der Waals surface area contributed by atoms with Crippen molar-refractivity contribution in [3.8, 4) is 0 Å². The Morgan fingerprint density at radius 2 is 1.69 bits per heavy atom. The number of benzene rings is 2. The summed E-state index contributed by atoms with van der Waals surface area (Å²) in [4.78, 5) is 24.3. The fourth-order valence-corrected chi connectivity index (χ4v) is 5.43. The highest BCUT2D eigenvalue weighted by molar-refractivity contribution is 6.62. The van der Waals surface area contributed by atoms with E-state index in [2.05, 4.69) is 10.4 Å². The topological polar surface area (TPSA) is 103 Å². The van der Waals surface area contributed by atoms with Crippen molar-refractivity contribution in [3.63, 3.8) is 0 Å². The second kappa shape index (κ2) is 10.4. The summed E-state index contributed by atoms with van der Waals surface area (Å²) in [5, 5.41) is 16.8. The van der Waals surface area contributed by atoms with Crippen molar-refractivity contribution >= 4 is 35.4 Å². The van der Waals surface area contributed by atoms with Gasteiger partial charge in [-0.3, -0.25) is 14.3 Å². The lowest BCUT2D eigenvalue weighted by Crippen LogP contribution is -2.41. The Morgan fingerprint density at radius 1 is 1.05 bits per heavy atom. The second-order valence-corrected chi connectivity index (χ2v) is 11.8. The number of hydrogen-bond acceptors (Lipinski definition) is 5. The fourth-order valence-electron chi connectivity index (χ4n) is 5.43. The predicted octanol–water partition coefficient (Wildman–Crippen LogP) is 4.29. The van der Waals surface area contributed by atoms with Crippen LogP contribution >= 0.6 is 0 Å². The Bertz CT molecular complexity index is 1360. The molecule has 2 aromatic carbocycles. The number of carboxylic acid groups (broad SMARTS) is 1. The SMILES string of the molecule is CC1(C)OB(c2ccc(Cn3ncc4c(F)ccc(C(=O)NC5CCC(CC(=O)O)CC5)c43)cc2)OC1(C)C. The van der Waals surface area contributed by atoms with Crippen molar-refractivity contribution < 1.29 is 28.4 Å². The van der Waals surface area contributed by atoms with Gasteiger partial charge in [0.1, 0.15) is 5.82 Å². The van der Waals surface area contributed by atoms with Gasteiger partial charge in [-0.2, -0.15) is 5.10 Å². The summed E-state index contributed by atoms with van der Waals surface area (Å²) in [5.41, 5.74) is 1.80. The Balaban J connectivity index is 1.31. The quantitative estimate of drug-likeness (QED) is 0.438. The van der Waals surface area contributed by atoms with Crippen LogP contribution in [0.15, 0.2) is 42.6 Å². The lowest BCUT2D eigenvalue weighted by molar-refractivity contribution is -0.138. The lowest BCUT2D eigenvalue weighted by atomic mass is 9.79. The van der Waals surface area contributed by atoms with Crippen LogP contribution in [0.25, 0.3) is 10.9 Å². The standard InChI is InChI=1S/C29H35BFN3O5/c1-28(2)29(3,4)39-30(38-28)20-9-5-19(6-10-20)17-34-26-22(13-14-24(31)23(26)16-32-34)27(37)33-21-11-7-18(8-12-21)15-25(35)36/h5-6,9-10,13-14,16,18,21H,7-8,11-12,15,17H2,1-4H3,(H,33,37)(H,35,36). The molecule has 1 saturated carbocycles. The zero-order valence-electron chi connectivity index (χ0n) is 22.9. The lowest BCUT2D eigenvalue weighted by Gasteiger charge is -2.32. The summed E-state index contributed by atoms with van der Waals surface area (Å²) in [5.74, 6) is -1.35. The molecule has 2 aliphatic rings. The largest absolute Gasteiger partial charge is 0.494 e. The van der Waals surface area contributed by atoms with Crippen molar-refractivity contribution in [1.82, 2.24) is 15.1 Å². The molecular weight excluding hydrogens is 500 g/mol. The molecular formula is C29H35BFN3O5. The van der Waals surface area contributed by atoms with Gasteiger partial charge >= 0.3 is 13.1 Å². The Hall–Kier alpha value is -3.24. The monoisotopic (exact) mass is 535 g/mol. The van der Waals surface area contributed by atoms with E-state index in [0.717, 1.165) is 36.7 Å². The highest BCUT2D eigenvalue weighted by Crippen LogP contribution is 2.36. The maximum atomic E-state index is 14.7. The number of nitrogens with one attached hydrogen (secondary N) is 1. The zero-order chi connectivity index (χ0) is 27.9. The number of hydrogen-bond donors (Lipinski definition) is 2. The second-order valence-electron chi connectivity index (χ2n) is 11.8. The zero-order valence-corrected chi connectivity index (χ0v) is 22.9. The minimum Gasteiger partial charge on any atom is -0.481 e. The van der Waals surface area contributed by atoms with Crippen LogP contribution in [0.5, 0.6) is 0 Å². The van der Waals surface area contributed by atoms with Gasteiger partial charge in [0.25, 0.3) is 5.91 Å². The first-order valence-electron chi connectivity index (χ1n) is 13.5. The molecule has 1 aliphatic heterocycles. The summed E-state index contributed by atoms with van der Waals surface area (Å²) in [6, 6.07) is 10.6. The summed E-state index contributed by atoms with van der Waals surface area (Å²) in [6.07, 6.45) is 4.59. The van der Waals surface area contributed by atoms with Gasteiger partial charge < -0.3 is 19.7 Å². The number of amides is 1. The van der Waals surface area contributed by atoms with Gasteiger partial charge in [-0.15, -0.1) is 0 Å². The van der Waals surface area contributed by atoms with Crippen LogP contribution < -0.4 is 10.8 Å². The molecule has 2 fully saturated rings. The third-order valence-electron chi connectivity index (χ3n) is 8.48. The fraction of sp³-hybridized carbons (Fsp3) is 0.483. The maximum absolute atomic E-state index is 14.7. The molecule has 1 aliphatic carbocycles. The molecule has 10 heteroatoms. The van der Waals surface area contributed by atoms with Gasteiger partial charge in [0.05, 0.1) is 40.4 Å². The summed E-state index contributed by atoms with van der Waals surface area (Å²) in [6.45, 7) is 8.42. The van der Waals surface area contributed by atoms with Gasteiger partial charge in [0, 0.05) is 12.5 Å². The van der Waals surface area contributed by atoms with E-state index in [1.165, 1.54) is 18.3 Å². The molecule has 2 N–H and O–H groups in total. The van der Waals surface area contributed by atoms with E-state index >= 15 is 0 Å². The number of carbonyl (C=O) groups excluding carboxylic acids is 1. The highest BCUT2D eigenvalue weighted by Gasteiger charge is 2.51.